The minimum absolute atomic E-state index is 0.256. The molecular weight excluding hydrogens is 126 g/mol. The number of nitrogens with two attached hydrogens (primary N) is 1. The van der Waals surface area contributed by atoms with Crippen molar-refractivity contribution in [3.8, 4) is 0 Å². The normalized spacial score (nSPS) is 16.8. The van der Waals surface area contributed by atoms with Gasteiger partial charge in [-0.15, -0.1) is 0 Å². The van der Waals surface area contributed by atoms with Crippen molar-refractivity contribution < 1.29 is 20.1 Å². The molecule has 0 aliphatic rings. The Kier molecular flexibility index (Phi) is 3.15. The third-order valence-corrected chi connectivity index (χ3v) is 0.859. The molecule has 0 amide bonds. The van der Waals surface area contributed by atoms with Gasteiger partial charge in [0, 0.05) is 6.54 Å². The number of carboxylic acids is 1. The highest BCUT2D eigenvalue weighted by molar-refractivity contribution is 5.72. The predicted octanol–water partition coefficient (Wildman–Crippen LogP) is -2.25. The number of hydrogen-bond donors (Lipinski definition) is 4. The summed E-state index contributed by atoms with van der Waals surface area (Å²) in [7, 11) is 0. The number of carbonyl (C=O) groups is 1. The van der Waals surface area contributed by atoms with Crippen LogP contribution in [0, 0.1) is 0 Å². The molecule has 0 spiro atoms. The largest absolute Gasteiger partial charge is 0.479 e. The van der Waals surface area contributed by atoms with Gasteiger partial charge in [0.2, 0.25) is 0 Å². The summed E-state index contributed by atoms with van der Waals surface area (Å²) in [5.41, 5.74) is 4.84. The van der Waals surface area contributed by atoms with Gasteiger partial charge in [0.1, 0.15) is 6.10 Å². The second-order valence-corrected chi connectivity index (χ2v) is 1.59. The van der Waals surface area contributed by atoms with Gasteiger partial charge in [-0.3, -0.25) is 0 Å². The smallest absolute Gasteiger partial charge is 0.335 e. The fourth-order valence-corrected chi connectivity index (χ4v) is 0.293. The molecule has 0 saturated carbocycles. The van der Waals surface area contributed by atoms with Crippen molar-refractivity contribution in [2.45, 2.75) is 12.2 Å². The lowest BCUT2D eigenvalue weighted by molar-refractivity contribution is -0.152. The van der Waals surface area contributed by atoms with Gasteiger partial charge in [-0.05, 0) is 0 Å². The molecule has 0 aliphatic heterocycles. The molecule has 0 heterocycles. The molecule has 0 aromatic heterocycles. The zero-order chi connectivity index (χ0) is 7.44. The molecule has 5 nitrogen and oxygen atoms in total. The van der Waals surface area contributed by atoms with Crippen LogP contribution < -0.4 is 5.73 Å². The van der Waals surface area contributed by atoms with E-state index in [4.69, 9.17) is 21.1 Å². The molecule has 0 saturated heterocycles. The van der Waals surface area contributed by atoms with Crippen molar-refractivity contribution in [3.05, 3.63) is 0 Å². The van der Waals surface area contributed by atoms with Crippen LogP contribution in [0.4, 0.5) is 0 Å². The van der Waals surface area contributed by atoms with E-state index in [1.165, 1.54) is 0 Å². The highest BCUT2D eigenvalue weighted by Crippen LogP contribution is 1.89. The topological polar surface area (TPSA) is 104 Å². The first-order valence-electron chi connectivity index (χ1n) is 2.38. The zero-order valence-electron chi connectivity index (χ0n) is 4.69. The van der Waals surface area contributed by atoms with Crippen LogP contribution in [-0.2, 0) is 4.79 Å². The molecule has 2 atom stereocenters. The van der Waals surface area contributed by atoms with Crippen molar-refractivity contribution >= 4 is 5.97 Å². The average Bonchev–Trinajstić information content (AvgIpc) is 1.84. The highest BCUT2D eigenvalue weighted by Gasteiger charge is 2.21. The van der Waals surface area contributed by atoms with Gasteiger partial charge < -0.3 is 21.1 Å². The average molecular weight is 135 g/mol. The number of carboxylic acid groups (broad SMARTS) is 1. The zero-order valence-corrected chi connectivity index (χ0v) is 4.69. The summed E-state index contributed by atoms with van der Waals surface area (Å²) in [6, 6.07) is 0. The summed E-state index contributed by atoms with van der Waals surface area (Å²) in [4.78, 5) is 9.83. The van der Waals surface area contributed by atoms with Crippen LogP contribution in [0.25, 0.3) is 0 Å². The predicted molar refractivity (Wildman–Crippen MR) is 28.7 cm³/mol. The van der Waals surface area contributed by atoms with Gasteiger partial charge >= 0.3 is 5.97 Å². The number of aliphatic hydroxyl groups is 2. The fourth-order valence-electron chi connectivity index (χ4n) is 0.293. The quantitative estimate of drug-likeness (QED) is 0.350. The first-order chi connectivity index (χ1) is 4.09. The molecule has 2 unspecified atom stereocenters. The lowest BCUT2D eigenvalue weighted by Crippen LogP contribution is -2.38. The van der Waals surface area contributed by atoms with Gasteiger partial charge in [0.05, 0.1) is 0 Å². The molecule has 0 aromatic rings. The summed E-state index contributed by atoms with van der Waals surface area (Å²) >= 11 is 0. The minimum atomic E-state index is -1.77. The van der Waals surface area contributed by atoms with E-state index in [0.717, 1.165) is 0 Å². The van der Waals surface area contributed by atoms with Crippen molar-refractivity contribution in [2.24, 2.45) is 5.73 Å². The van der Waals surface area contributed by atoms with Crippen LogP contribution in [0.1, 0.15) is 0 Å². The molecular formula is C4H9NO4. The Labute approximate surface area is 51.7 Å². The van der Waals surface area contributed by atoms with Crippen molar-refractivity contribution in [1.29, 1.82) is 0 Å². The van der Waals surface area contributed by atoms with Crippen molar-refractivity contribution in [3.63, 3.8) is 0 Å². The second kappa shape index (κ2) is 3.39. The van der Waals surface area contributed by atoms with Crippen LogP contribution in [-0.4, -0.2) is 40.0 Å². The Balaban J connectivity index is 3.72. The van der Waals surface area contributed by atoms with Crippen LogP contribution >= 0.6 is 0 Å². The molecule has 9 heavy (non-hydrogen) atoms. The SMILES string of the molecule is NCC(O)C(O)C(=O)O. The number of rotatable bonds is 3. The molecule has 54 valence electrons. The van der Waals surface area contributed by atoms with Crippen molar-refractivity contribution in [1.82, 2.24) is 0 Å². The molecule has 0 aliphatic carbocycles. The number of aliphatic hydroxyl groups excluding tert-OH is 2. The highest BCUT2D eigenvalue weighted by atomic mass is 16.4. The van der Waals surface area contributed by atoms with Gasteiger partial charge in [0.25, 0.3) is 0 Å². The van der Waals surface area contributed by atoms with Gasteiger partial charge in [0.15, 0.2) is 6.10 Å². The summed E-state index contributed by atoms with van der Waals surface area (Å²) in [5.74, 6) is -1.46. The Morgan fingerprint density at radius 1 is 1.56 bits per heavy atom. The third-order valence-electron chi connectivity index (χ3n) is 0.859. The molecule has 5 heteroatoms. The van der Waals surface area contributed by atoms with E-state index in [0.29, 0.717) is 0 Å². The number of aliphatic carboxylic acids is 1. The van der Waals surface area contributed by atoms with Crippen LogP contribution in [0.2, 0.25) is 0 Å². The lowest BCUT2D eigenvalue weighted by Gasteiger charge is -2.09. The maximum absolute atomic E-state index is 9.83. The lowest BCUT2D eigenvalue weighted by atomic mass is 10.2. The van der Waals surface area contributed by atoms with Gasteiger partial charge in [-0.25, -0.2) is 4.79 Å². The Morgan fingerprint density at radius 2 is 2.00 bits per heavy atom. The van der Waals surface area contributed by atoms with E-state index < -0.39 is 18.2 Å². The van der Waals surface area contributed by atoms with Gasteiger partial charge in [-0.1, -0.05) is 0 Å². The Bertz CT molecular complexity index is 105. The van der Waals surface area contributed by atoms with E-state index in [2.05, 4.69) is 0 Å². The van der Waals surface area contributed by atoms with Crippen LogP contribution in [0.3, 0.4) is 0 Å². The van der Waals surface area contributed by atoms with Crippen LogP contribution in [0.5, 0.6) is 0 Å². The van der Waals surface area contributed by atoms with E-state index in [1.807, 2.05) is 0 Å². The molecule has 5 N–H and O–H groups in total. The van der Waals surface area contributed by atoms with Gasteiger partial charge in [-0.2, -0.15) is 0 Å². The third kappa shape index (κ3) is 2.41. The maximum atomic E-state index is 9.83. The Morgan fingerprint density at radius 3 is 2.11 bits per heavy atom. The van der Waals surface area contributed by atoms with Crippen molar-refractivity contribution in [2.75, 3.05) is 6.54 Å². The fraction of sp³-hybridized carbons (Fsp3) is 0.750. The molecule has 0 rings (SSSR count). The standard InChI is InChI=1S/C4H9NO4/c5-1-2(6)3(7)4(8)9/h2-3,6-7H,1,5H2,(H,8,9). The summed E-state index contributed by atoms with van der Waals surface area (Å²) in [5, 5.41) is 25.0. The molecule has 0 fully saturated rings. The maximum Gasteiger partial charge on any atom is 0.335 e. The van der Waals surface area contributed by atoms with E-state index in [-0.39, 0.29) is 6.54 Å². The molecule has 0 radical (unpaired) electrons. The van der Waals surface area contributed by atoms with E-state index in [1.54, 1.807) is 0 Å². The first kappa shape index (κ1) is 8.35. The Hall–Kier alpha value is -0.650. The van der Waals surface area contributed by atoms with E-state index >= 15 is 0 Å². The van der Waals surface area contributed by atoms with E-state index in [9.17, 15) is 4.79 Å². The molecule has 0 aromatic carbocycles. The summed E-state index contributed by atoms with van der Waals surface area (Å²) in [6.45, 7) is -0.256. The second-order valence-electron chi connectivity index (χ2n) is 1.59. The summed E-state index contributed by atoms with van der Waals surface area (Å²) < 4.78 is 0. The summed E-state index contributed by atoms with van der Waals surface area (Å²) in [6.07, 6.45) is -3.14. The first-order valence-corrected chi connectivity index (χ1v) is 2.38. The van der Waals surface area contributed by atoms with Crippen LogP contribution in [0.15, 0.2) is 0 Å². The minimum Gasteiger partial charge on any atom is -0.479 e. The number of hydrogen-bond acceptors (Lipinski definition) is 4. The monoisotopic (exact) mass is 135 g/mol. The molecule has 0 bridgehead atoms.